The average molecular weight is 603 g/mol. The van der Waals surface area contributed by atoms with Gasteiger partial charge in [-0.25, -0.2) is 13.1 Å². The van der Waals surface area contributed by atoms with E-state index in [9.17, 15) is 32.7 Å². The van der Waals surface area contributed by atoms with Gasteiger partial charge in [0.05, 0.1) is 18.3 Å². The Morgan fingerprint density at radius 3 is 2.48 bits per heavy atom. The normalized spacial score (nSPS) is 25.5. The Morgan fingerprint density at radius 2 is 1.79 bits per heavy atom. The standard InChI is InChI=1S/C26H34N8O7S/c27-18-8-6-17(7-9-18)23(24(38)25-29-30-31-33(25)14-22(36)37)28-26(39)20-11-10-19-12-32(13-21(35)34(19)20)42(40,41)15-16-4-2-1-3-5-16/h1-5,17-20,23H,6-15,27H2,(H,28,39)(H,36,37)/t17?,18?,19-,20-,23?/m0/s1. The molecule has 226 valence electrons. The van der Waals surface area contributed by atoms with Crippen LogP contribution in [0.25, 0.3) is 0 Å². The Labute approximate surface area is 242 Å². The first-order valence-corrected chi connectivity index (χ1v) is 15.6. The minimum Gasteiger partial charge on any atom is -0.480 e. The van der Waals surface area contributed by atoms with Gasteiger partial charge in [0.2, 0.25) is 33.4 Å². The fourth-order valence-electron chi connectivity index (χ4n) is 6.20. The molecular formula is C26H34N8O7S. The van der Waals surface area contributed by atoms with Gasteiger partial charge in [0.25, 0.3) is 0 Å². The summed E-state index contributed by atoms with van der Waals surface area (Å²) in [5, 5.41) is 22.8. The van der Waals surface area contributed by atoms with Crippen LogP contribution in [0.3, 0.4) is 0 Å². The summed E-state index contributed by atoms with van der Waals surface area (Å²) in [6.07, 6.45) is 3.14. The highest BCUT2D eigenvalue weighted by Crippen LogP contribution is 2.32. The van der Waals surface area contributed by atoms with Crippen molar-refractivity contribution in [3.63, 3.8) is 0 Å². The predicted molar refractivity (Wildman–Crippen MR) is 146 cm³/mol. The van der Waals surface area contributed by atoms with Gasteiger partial charge < -0.3 is 21.1 Å². The van der Waals surface area contributed by atoms with Crippen molar-refractivity contribution in [2.24, 2.45) is 11.7 Å². The number of fused-ring (bicyclic) bond motifs is 1. The third-order valence-corrected chi connectivity index (χ3v) is 10.1. The number of sulfonamides is 1. The number of nitrogens with two attached hydrogens (primary N) is 1. The Bertz CT molecular complexity index is 1440. The van der Waals surface area contributed by atoms with Crippen LogP contribution in [-0.4, -0.2) is 104 Å². The number of ketones is 1. The largest absolute Gasteiger partial charge is 0.480 e. The Morgan fingerprint density at radius 1 is 1.07 bits per heavy atom. The summed E-state index contributed by atoms with van der Waals surface area (Å²) in [7, 11) is -3.77. The molecule has 16 heteroatoms. The maximum Gasteiger partial charge on any atom is 0.325 e. The molecule has 3 fully saturated rings. The third-order valence-electron chi connectivity index (χ3n) is 8.31. The van der Waals surface area contributed by atoms with Crippen LogP contribution < -0.4 is 11.1 Å². The SMILES string of the molecule is NC1CCC(C(NC(=O)[C@@H]2CC[C@H]3CN(S(=O)(=O)Cc4ccccc4)CC(=O)N32)C(=O)c2nnnn2CC(=O)O)CC1. The van der Waals surface area contributed by atoms with Crippen LogP contribution in [-0.2, 0) is 36.7 Å². The minimum absolute atomic E-state index is 0.0206. The smallest absolute Gasteiger partial charge is 0.325 e. The first-order chi connectivity index (χ1) is 20.0. The van der Waals surface area contributed by atoms with Crippen LogP contribution in [0.4, 0.5) is 0 Å². The van der Waals surface area contributed by atoms with Gasteiger partial charge in [-0.15, -0.1) is 5.10 Å². The summed E-state index contributed by atoms with van der Waals surface area (Å²) in [4.78, 5) is 53.2. The van der Waals surface area contributed by atoms with Crippen LogP contribution in [0.5, 0.6) is 0 Å². The molecule has 2 saturated heterocycles. The lowest BCUT2D eigenvalue weighted by atomic mass is 9.80. The van der Waals surface area contributed by atoms with Crippen molar-refractivity contribution in [3.05, 3.63) is 41.7 Å². The van der Waals surface area contributed by atoms with Crippen LogP contribution in [0, 0.1) is 5.92 Å². The number of aliphatic carboxylic acids is 1. The number of rotatable bonds is 10. The highest BCUT2D eigenvalue weighted by molar-refractivity contribution is 7.88. The number of amides is 2. The average Bonchev–Trinajstić information content (AvgIpc) is 3.59. The second-order valence-electron chi connectivity index (χ2n) is 11.2. The molecule has 1 aliphatic carbocycles. The van der Waals surface area contributed by atoms with Crippen molar-refractivity contribution >= 4 is 33.6 Å². The monoisotopic (exact) mass is 602 g/mol. The number of nitrogens with one attached hydrogen (secondary N) is 1. The van der Waals surface area contributed by atoms with Crippen molar-refractivity contribution in [2.75, 3.05) is 13.1 Å². The summed E-state index contributed by atoms with van der Waals surface area (Å²) in [6.45, 7) is -0.916. The molecule has 3 heterocycles. The number of hydrogen-bond acceptors (Lipinski definition) is 10. The molecule has 3 atom stereocenters. The molecule has 3 aliphatic rings. The fraction of sp³-hybridized carbons (Fsp3) is 0.577. The van der Waals surface area contributed by atoms with Gasteiger partial charge in [0.1, 0.15) is 12.6 Å². The summed E-state index contributed by atoms with van der Waals surface area (Å²) in [5.74, 6) is -3.66. The van der Waals surface area contributed by atoms with Crippen LogP contribution in [0.1, 0.15) is 54.7 Å². The molecule has 1 aromatic heterocycles. The second kappa shape index (κ2) is 12.2. The number of piperazine rings is 1. The molecule has 4 N–H and O–H groups in total. The number of carbonyl (C=O) groups is 4. The van der Waals surface area contributed by atoms with E-state index in [0.29, 0.717) is 44.1 Å². The van der Waals surface area contributed by atoms with E-state index in [-0.39, 0.29) is 36.6 Å². The molecular weight excluding hydrogens is 568 g/mol. The van der Waals surface area contributed by atoms with E-state index in [4.69, 9.17) is 5.73 Å². The van der Waals surface area contributed by atoms with E-state index >= 15 is 0 Å². The molecule has 15 nitrogen and oxygen atoms in total. The number of carbonyl (C=O) groups excluding carboxylic acids is 3. The molecule has 5 rings (SSSR count). The van der Waals surface area contributed by atoms with Gasteiger partial charge >= 0.3 is 5.97 Å². The Kier molecular flexibility index (Phi) is 8.65. The number of hydrogen-bond donors (Lipinski definition) is 3. The lowest BCUT2D eigenvalue weighted by molar-refractivity contribution is -0.143. The molecule has 42 heavy (non-hydrogen) atoms. The molecule has 0 spiro atoms. The zero-order chi connectivity index (χ0) is 30.0. The molecule has 2 aliphatic heterocycles. The zero-order valence-electron chi connectivity index (χ0n) is 22.9. The van der Waals surface area contributed by atoms with Gasteiger partial charge in [0, 0.05) is 18.6 Å². The van der Waals surface area contributed by atoms with Crippen LogP contribution in [0.2, 0.25) is 0 Å². The number of benzene rings is 1. The van der Waals surface area contributed by atoms with E-state index in [1.54, 1.807) is 30.3 Å². The van der Waals surface area contributed by atoms with E-state index < -0.39 is 58.3 Å². The van der Waals surface area contributed by atoms with E-state index in [1.807, 2.05) is 0 Å². The summed E-state index contributed by atoms with van der Waals surface area (Å²) in [6, 6.07) is 6.29. The Hall–Kier alpha value is -3.76. The topological polar surface area (TPSA) is 211 Å². The van der Waals surface area contributed by atoms with Crippen LogP contribution in [0.15, 0.2) is 30.3 Å². The highest BCUT2D eigenvalue weighted by atomic mass is 32.2. The van der Waals surface area contributed by atoms with Crippen molar-refractivity contribution in [2.45, 2.75) is 75.0 Å². The maximum atomic E-state index is 13.7. The van der Waals surface area contributed by atoms with Gasteiger partial charge in [-0.2, -0.15) is 4.31 Å². The van der Waals surface area contributed by atoms with Gasteiger partial charge in [0.15, 0.2) is 0 Å². The molecule has 1 unspecified atom stereocenters. The molecule has 1 saturated carbocycles. The second-order valence-corrected chi connectivity index (χ2v) is 13.1. The lowest BCUT2D eigenvalue weighted by Gasteiger charge is -2.39. The molecule has 2 amide bonds. The molecule has 1 aromatic carbocycles. The third kappa shape index (κ3) is 6.34. The van der Waals surface area contributed by atoms with E-state index in [2.05, 4.69) is 20.8 Å². The zero-order valence-corrected chi connectivity index (χ0v) is 23.7. The number of Topliss-reactive ketones (excluding diaryl/α,β-unsaturated/α-hetero) is 1. The van der Waals surface area contributed by atoms with Crippen LogP contribution >= 0.6 is 0 Å². The number of nitrogens with zero attached hydrogens (tertiary/aromatic N) is 6. The predicted octanol–water partition coefficient (Wildman–Crippen LogP) is -0.852. The highest BCUT2D eigenvalue weighted by Gasteiger charge is 2.48. The molecule has 2 aromatic rings. The maximum absolute atomic E-state index is 13.7. The number of carboxylic acid groups (broad SMARTS) is 1. The molecule has 0 bridgehead atoms. The van der Waals surface area contributed by atoms with Gasteiger partial charge in [-0.05, 0) is 60.4 Å². The Balaban J connectivity index is 1.31. The van der Waals surface area contributed by atoms with Gasteiger partial charge in [-0.3, -0.25) is 19.2 Å². The van der Waals surface area contributed by atoms with Gasteiger partial charge in [-0.1, -0.05) is 30.3 Å². The number of carboxylic acids is 1. The fourth-order valence-corrected chi connectivity index (χ4v) is 7.70. The minimum atomic E-state index is -3.77. The number of tetrazole rings is 1. The quantitative estimate of drug-likeness (QED) is 0.285. The van der Waals surface area contributed by atoms with E-state index in [1.165, 1.54) is 9.21 Å². The van der Waals surface area contributed by atoms with E-state index in [0.717, 1.165) is 4.68 Å². The first kappa shape index (κ1) is 29.7. The first-order valence-electron chi connectivity index (χ1n) is 13.9. The van der Waals surface area contributed by atoms with Crippen molar-refractivity contribution in [1.29, 1.82) is 0 Å². The van der Waals surface area contributed by atoms with Crippen molar-refractivity contribution in [3.8, 4) is 0 Å². The summed E-state index contributed by atoms with van der Waals surface area (Å²) < 4.78 is 28.3. The number of aromatic nitrogens is 4. The van der Waals surface area contributed by atoms with Crippen molar-refractivity contribution < 1.29 is 32.7 Å². The lowest BCUT2D eigenvalue weighted by Crippen LogP contribution is -2.61. The summed E-state index contributed by atoms with van der Waals surface area (Å²) >= 11 is 0. The summed E-state index contributed by atoms with van der Waals surface area (Å²) in [5.41, 5.74) is 6.67. The molecule has 0 radical (unpaired) electrons. The van der Waals surface area contributed by atoms with Crippen molar-refractivity contribution in [1.82, 2.24) is 34.7 Å².